The van der Waals surface area contributed by atoms with Crippen LogP contribution in [0.5, 0.6) is 0 Å². The summed E-state index contributed by atoms with van der Waals surface area (Å²) in [5.74, 6) is -0.434. The number of ether oxygens (including phenoxy) is 1. The number of nitrogens with one attached hydrogen (secondary N) is 1. The fourth-order valence-electron chi connectivity index (χ4n) is 1.47. The van der Waals surface area contributed by atoms with Gasteiger partial charge < -0.3 is 15.2 Å². The molecule has 0 spiro atoms. The van der Waals surface area contributed by atoms with Crippen LogP contribution < -0.4 is 5.32 Å². The number of amides is 1. The summed E-state index contributed by atoms with van der Waals surface area (Å²) in [6.45, 7) is 5.33. The van der Waals surface area contributed by atoms with Crippen molar-refractivity contribution in [3.63, 3.8) is 0 Å². The monoisotopic (exact) mass is 281 g/mol. The molecule has 0 aliphatic heterocycles. The third kappa shape index (κ3) is 5.84. The molecule has 0 aliphatic carbocycles. The molecule has 0 fully saturated rings. The fourth-order valence-corrected chi connectivity index (χ4v) is 1.47. The lowest BCUT2D eigenvalue weighted by Crippen LogP contribution is -2.32. The standard InChI is InChI=1S/C15H20FNO3/c1-15(2,3)20-14(19)17-8-4-5-11-6-7-13(16)12(9-11)10-18/h4-7,9,18H,8,10H2,1-3H3,(H,17,19). The third-order valence-corrected chi connectivity index (χ3v) is 2.31. The van der Waals surface area contributed by atoms with Gasteiger partial charge in [0.1, 0.15) is 11.4 Å². The molecule has 110 valence electrons. The molecular weight excluding hydrogens is 261 g/mol. The van der Waals surface area contributed by atoms with Gasteiger partial charge in [0.25, 0.3) is 0 Å². The van der Waals surface area contributed by atoms with Gasteiger partial charge in [-0.25, -0.2) is 9.18 Å². The Balaban J connectivity index is 2.47. The first kappa shape index (κ1) is 16.2. The minimum atomic E-state index is -0.527. The number of carbonyl (C=O) groups excluding carboxylic acids is 1. The van der Waals surface area contributed by atoms with Gasteiger partial charge in [0.15, 0.2) is 0 Å². The predicted molar refractivity (Wildman–Crippen MR) is 75.6 cm³/mol. The zero-order valence-electron chi connectivity index (χ0n) is 11.9. The summed E-state index contributed by atoms with van der Waals surface area (Å²) in [6, 6.07) is 4.45. The Labute approximate surface area is 118 Å². The smallest absolute Gasteiger partial charge is 0.407 e. The number of rotatable bonds is 4. The lowest BCUT2D eigenvalue weighted by molar-refractivity contribution is 0.0534. The second kappa shape index (κ2) is 7.05. The van der Waals surface area contributed by atoms with Crippen molar-refractivity contribution < 1.29 is 19.0 Å². The van der Waals surface area contributed by atoms with Gasteiger partial charge in [-0.1, -0.05) is 18.2 Å². The van der Waals surface area contributed by atoms with Crippen LogP contribution in [0, 0.1) is 5.82 Å². The highest BCUT2D eigenvalue weighted by Gasteiger charge is 2.14. The van der Waals surface area contributed by atoms with Crippen molar-refractivity contribution in [1.29, 1.82) is 0 Å². The summed E-state index contributed by atoms with van der Waals surface area (Å²) >= 11 is 0. The fraction of sp³-hybridized carbons (Fsp3) is 0.400. The van der Waals surface area contributed by atoms with E-state index < -0.39 is 17.5 Å². The minimum absolute atomic E-state index is 0.243. The van der Waals surface area contributed by atoms with Crippen LogP contribution in [0.4, 0.5) is 9.18 Å². The van der Waals surface area contributed by atoms with Gasteiger partial charge in [0.2, 0.25) is 0 Å². The van der Waals surface area contributed by atoms with Crippen molar-refractivity contribution in [2.45, 2.75) is 33.0 Å². The molecule has 1 aromatic carbocycles. The summed E-state index contributed by atoms with van der Waals surface area (Å²) in [6.07, 6.45) is 2.96. The Kier molecular flexibility index (Phi) is 5.70. The van der Waals surface area contributed by atoms with Crippen molar-refractivity contribution in [2.75, 3.05) is 6.54 Å². The van der Waals surface area contributed by atoms with Crippen molar-refractivity contribution in [1.82, 2.24) is 5.32 Å². The van der Waals surface area contributed by atoms with Crippen LogP contribution in [0.1, 0.15) is 31.9 Å². The molecule has 1 amide bonds. The summed E-state index contributed by atoms with van der Waals surface area (Å²) < 4.78 is 18.2. The SMILES string of the molecule is CC(C)(C)OC(=O)NCC=Cc1ccc(F)c(CO)c1. The minimum Gasteiger partial charge on any atom is -0.444 e. The first-order valence-corrected chi connectivity index (χ1v) is 6.34. The zero-order chi connectivity index (χ0) is 15.2. The number of hydrogen-bond acceptors (Lipinski definition) is 3. The zero-order valence-corrected chi connectivity index (χ0v) is 11.9. The van der Waals surface area contributed by atoms with E-state index in [1.807, 2.05) is 0 Å². The number of carbonyl (C=O) groups is 1. The molecule has 20 heavy (non-hydrogen) atoms. The highest BCUT2D eigenvalue weighted by molar-refractivity contribution is 5.68. The summed E-state index contributed by atoms with van der Waals surface area (Å²) in [7, 11) is 0. The van der Waals surface area contributed by atoms with Crippen molar-refractivity contribution >= 4 is 12.2 Å². The van der Waals surface area contributed by atoms with Crippen molar-refractivity contribution in [2.24, 2.45) is 0 Å². The van der Waals surface area contributed by atoms with E-state index in [1.54, 1.807) is 45.1 Å². The second-order valence-corrected chi connectivity index (χ2v) is 5.29. The van der Waals surface area contributed by atoms with Gasteiger partial charge >= 0.3 is 6.09 Å². The predicted octanol–water partition coefficient (Wildman–Crippen LogP) is 2.86. The van der Waals surface area contributed by atoms with Gasteiger partial charge in [-0.15, -0.1) is 0 Å². The molecule has 0 aromatic heterocycles. The van der Waals surface area contributed by atoms with Crippen molar-refractivity contribution in [3.05, 3.63) is 41.2 Å². The second-order valence-electron chi connectivity index (χ2n) is 5.29. The highest BCUT2D eigenvalue weighted by Crippen LogP contribution is 2.11. The van der Waals surface area contributed by atoms with Crippen LogP contribution in [0.15, 0.2) is 24.3 Å². The van der Waals surface area contributed by atoms with Crippen LogP contribution in [-0.2, 0) is 11.3 Å². The van der Waals surface area contributed by atoms with Crippen LogP contribution in [0.2, 0.25) is 0 Å². The maximum atomic E-state index is 13.2. The molecule has 2 N–H and O–H groups in total. The first-order chi connectivity index (χ1) is 9.31. The molecular formula is C15H20FNO3. The maximum Gasteiger partial charge on any atom is 0.407 e. The third-order valence-electron chi connectivity index (χ3n) is 2.31. The molecule has 1 rings (SSSR count). The first-order valence-electron chi connectivity index (χ1n) is 6.34. The lowest BCUT2D eigenvalue weighted by atomic mass is 10.1. The molecule has 0 atom stereocenters. The lowest BCUT2D eigenvalue weighted by Gasteiger charge is -2.19. The molecule has 0 saturated carbocycles. The number of halogens is 1. The number of benzene rings is 1. The number of aliphatic hydroxyl groups is 1. The molecule has 0 bridgehead atoms. The van der Waals surface area contributed by atoms with E-state index >= 15 is 0 Å². The molecule has 4 nitrogen and oxygen atoms in total. The Morgan fingerprint density at radius 3 is 2.75 bits per heavy atom. The molecule has 0 radical (unpaired) electrons. The van der Waals surface area contributed by atoms with E-state index in [-0.39, 0.29) is 12.2 Å². The molecule has 0 saturated heterocycles. The van der Waals surface area contributed by atoms with Crippen LogP contribution in [-0.4, -0.2) is 23.3 Å². The number of hydrogen-bond donors (Lipinski definition) is 2. The van der Waals surface area contributed by atoms with Gasteiger partial charge in [-0.2, -0.15) is 0 Å². The van der Waals surface area contributed by atoms with Crippen LogP contribution in [0.25, 0.3) is 6.08 Å². The average molecular weight is 281 g/mol. The van der Waals surface area contributed by atoms with Gasteiger partial charge in [-0.3, -0.25) is 0 Å². The van der Waals surface area contributed by atoms with E-state index in [9.17, 15) is 9.18 Å². The Bertz CT molecular complexity index is 492. The van der Waals surface area contributed by atoms with Gasteiger partial charge in [0, 0.05) is 12.1 Å². The van der Waals surface area contributed by atoms with E-state index in [0.29, 0.717) is 6.54 Å². The number of alkyl carbamates (subject to hydrolysis) is 1. The molecule has 0 heterocycles. The van der Waals surface area contributed by atoms with Crippen molar-refractivity contribution in [3.8, 4) is 0 Å². The summed E-state index contributed by atoms with van der Waals surface area (Å²) in [5, 5.41) is 11.5. The van der Waals surface area contributed by atoms with Gasteiger partial charge in [0.05, 0.1) is 6.61 Å². The highest BCUT2D eigenvalue weighted by atomic mass is 19.1. The number of aliphatic hydroxyl groups excluding tert-OH is 1. The van der Waals surface area contributed by atoms with E-state index in [0.717, 1.165) is 5.56 Å². The Morgan fingerprint density at radius 2 is 2.15 bits per heavy atom. The Morgan fingerprint density at radius 1 is 1.45 bits per heavy atom. The van der Waals surface area contributed by atoms with E-state index in [1.165, 1.54) is 6.07 Å². The Hall–Kier alpha value is -1.88. The van der Waals surface area contributed by atoms with Crippen LogP contribution in [0.3, 0.4) is 0 Å². The summed E-state index contributed by atoms with van der Waals surface area (Å²) in [5.41, 5.74) is 0.467. The molecule has 5 heteroatoms. The molecule has 0 unspecified atom stereocenters. The van der Waals surface area contributed by atoms with E-state index in [2.05, 4.69) is 5.32 Å². The largest absolute Gasteiger partial charge is 0.444 e. The molecule has 0 aliphatic rings. The summed E-state index contributed by atoms with van der Waals surface area (Å²) in [4.78, 5) is 11.4. The average Bonchev–Trinajstić information content (AvgIpc) is 2.34. The quantitative estimate of drug-likeness (QED) is 0.892. The normalized spacial score (nSPS) is 11.7. The maximum absolute atomic E-state index is 13.2. The molecule has 1 aromatic rings. The topological polar surface area (TPSA) is 58.6 Å². The van der Waals surface area contributed by atoms with E-state index in [4.69, 9.17) is 9.84 Å². The van der Waals surface area contributed by atoms with Crippen LogP contribution >= 0.6 is 0 Å². The van der Waals surface area contributed by atoms with Gasteiger partial charge in [-0.05, 0) is 38.5 Å².